The van der Waals surface area contributed by atoms with Gasteiger partial charge in [-0.1, -0.05) is 12.1 Å². The molecule has 24 heavy (non-hydrogen) atoms. The summed E-state index contributed by atoms with van der Waals surface area (Å²) >= 11 is 0. The Hall–Kier alpha value is -1.60. The molecule has 1 aromatic carbocycles. The Bertz CT molecular complexity index is 734. The molecule has 6 nitrogen and oxygen atoms in total. The lowest BCUT2D eigenvalue weighted by atomic mass is 9.88. The molecule has 2 aliphatic rings. The van der Waals surface area contributed by atoms with E-state index in [0.717, 1.165) is 36.9 Å². The maximum Gasteiger partial charge on any atom is 0.321 e. The van der Waals surface area contributed by atoms with Crippen molar-refractivity contribution in [1.29, 1.82) is 0 Å². The topological polar surface area (TPSA) is 69.7 Å². The van der Waals surface area contributed by atoms with Crippen LogP contribution in [0.15, 0.2) is 24.3 Å². The molecule has 0 saturated carbocycles. The molecule has 2 aliphatic heterocycles. The number of anilines is 1. The highest BCUT2D eigenvalue weighted by atomic mass is 32.2. The summed E-state index contributed by atoms with van der Waals surface area (Å²) in [4.78, 5) is 14.4. The first-order chi connectivity index (χ1) is 11.3. The molecule has 132 valence electrons. The van der Waals surface area contributed by atoms with Gasteiger partial charge in [-0.25, -0.2) is 13.2 Å². The van der Waals surface area contributed by atoms with Crippen molar-refractivity contribution < 1.29 is 13.2 Å². The summed E-state index contributed by atoms with van der Waals surface area (Å²) in [7, 11) is -3.25. The lowest BCUT2D eigenvalue weighted by molar-refractivity contribution is 0.109. The van der Waals surface area contributed by atoms with Crippen LogP contribution in [0.3, 0.4) is 0 Å². The summed E-state index contributed by atoms with van der Waals surface area (Å²) in [6.45, 7) is 3.68. The summed E-state index contributed by atoms with van der Waals surface area (Å²) in [5.41, 5.74) is 1.43. The maximum absolute atomic E-state index is 12.6. The molecule has 3 rings (SSSR count). The first-order valence-corrected chi connectivity index (χ1v) is 10.3. The van der Waals surface area contributed by atoms with Crippen molar-refractivity contribution in [2.75, 3.05) is 31.2 Å². The van der Waals surface area contributed by atoms with Gasteiger partial charge in [0.15, 0.2) is 0 Å². The molecule has 0 bridgehead atoms. The molecule has 0 aliphatic carbocycles. The van der Waals surface area contributed by atoms with Gasteiger partial charge < -0.3 is 10.2 Å². The van der Waals surface area contributed by atoms with Gasteiger partial charge in [-0.05, 0) is 50.3 Å². The van der Waals surface area contributed by atoms with E-state index in [1.165, 1.54) is 6.26 Å². The molecule has 2 heterocycles. The number of piperidine rings is 1. The van der Waals surface area contributed by atoms with Gasteiger partial charge >= 0.3 is 6.03 Å². The normalized spacial score (nSPS) is 25.2. The Balaban J connectivity index is 1.74. The number of hydrogen-bond acceptors (Lipinski definition) is 3. The highest BCUT2D eigenvalue weighted by Gasteiger charge is 2.48. The van der Waals surface area contributed by atoms with E-state index in [4.69, 9.17) is 0 Å². The van der Waals surface area contributed by atoms with Crippen molar-refractivity contribution >= 4 is 21.7 Å². The smallest absolute Gasteiger partial charge is 0.321 e. The van der Waals surface area contributed by atoms with E-state index in [0.29, 0.717) is 19.6 Å². The fraction of sp³-hybridized carbons (Fsp3) is 0.588. The molecule has 1 N–H and O–H groups in total. The predicted octanol–water partition coefficient (Wildman–Crippen LogP) is 2.42. The summed E-state index contributed by atoms with van der Waals surface area (Å²) < 4.78 is 25.9. The minimum absolute atomic E-state index is 0.153. The Morgan fingerprint density at radius 2 is 1.92 bits per heavy atom. The molecule has 1 spiro atoms. The SMILES string of the molecule is Cc1cccc(NC(=O)N2CCCC3(CCCN3S(C)(=O)=O)C2)c1. The van der Waals surface area contributed by atoms with Gasteiger partial charge in [-0.15, -0.1) is 0 Å². The van der Waals surface area contributed by atoms with Crippen LogP contribution in [0.2, 0.25) is 0 Å². The minimum atomic E-state index is -3.25. The molecular weight excluding hydrogens is 326 g/mol. The molecule has 7 heteroatoms. The number of carbonyl (C=O) groups excluding carboxylic acids is 1. The van der Waals surface area contributed by atoms with Crippen LogP contribution < -0.4 is 5.32 Å². The third-order valence-electron chi connectivity index (χ3n) is 5.04. The van der Waals surface area contributed by atoms with E-state index in [1.807, 2.05) is 31.2 Å². The molecule has 2 saturated heterocycles. The number of likely N-dealkylation sites (tertiary alicyclic amines) is 1. The maximum atomic E-state index is 12.6. The van der Waals surface area contributed by atoms with E-state index >= 15 is 0 Å². The van der Waals surface area contributed by atoms with Crippen LogP contribution >= 0.6 is 0 Å². The number of carbonyl (C=O) groups is 1. The summed E-state index contributed by atoms with van der Waals surface area (Å²) in [5, 5.41) is 2.93. The average Bonchev–Trinajstić information content (AvgIpc) is 2.90. The Morgan fingerprint density at radius 1 is 1.21 bits per heavy atom. The van der Waals surface area contributed by atoms with Crippen molar-refractivity contribution in [3.05, 3.63) is 29.8 Å². The van der Waals surface area contributed by atoms with Gasteiger partial charge in [-0.3, -0.25) is 0 Å². The van der Waals surface area contributed by atoms with Crippen molar-refractivity contribution in [3.8, 4) is 0 Å². The monoisotopic (exact) mass is 351 g/mol. The number of hydrogen-bond donors (Lipinski definition) is 1. The van der Waals surface area contributed by atoms with Gasteiger partial charge in [0.1, 0.15) is 0 Å². The van der Waals surface area contributed by atoms with E-state index in [9.17, 15) is 13.2 Å². The first-order valence-electron chi connectivity index (χ1n) is 8.41. The minimum Gasteiger partial charge on any atom is -0.323 e. The second-order valence-corrected chi connectivity index (χ2v) is 8.89. The number of urea groups is 1. The fourth-order valence-electron chi connectivity index (χ4n) is 4.05. The summed E-state index contributed by atoms with van der Waals surface area (Å²) in [6, 6.07) is 7.53. The van der Waals surface area contributed by atoms with Crippen molar-refractivity contribution in [1.82, 2.24) is 9.21 Å². The number of benzene rings is 1. The predicted molar refractivity (Wildman–Crippen MR) is 94.5 cm³/mol. The molecule has 1 unspecified atom stereocenters. The van der Waals surface area contributed by atoms with E-state index in [-0.39, 0.29) is 6.03 Å². The van der Waals surface area contributed by atoms with Crippen molar-refractivity contribution in [3.63, 3.8) is 0 Å². The standard InChI is InChI=1S/C17H25N3O3S/c1-14-6-3-7-15(12-14)18-16(21)19-10-4-8-17(13-19)9-5-11-20(17)24(2,22)23/h3,6-7,12H,4-5,8-11,13H2,1-2H3,(H,18,21). The second kappa shape index (κ2) is 6.37. The van der Waals surface area contributed by atoms with Crippen LogP contribution in [0.25, 0.3) is 0 Å². The highest BCUT2D eigenvalue weighted by Crippen LogP contribution is 2.38. The lowest BCUT2D eigenvalue weighted by Gasteiger charge is -2.44. The zero-order valence-electron chi connectivity index (χ0n) is 14.3. The van der Waals surface area contributed by atoms with Crippen molar-refractivity contribution in [2.24, 2.45) is 0 Å². The second-order valence-electron chi connectivity index (χ2n) is 6.99. The zero-order chi connectivity index (χ0) is 17.4. The van der Waals surface area contributed by atoms with Crippen LogP contribution in [0.1, 0.15) is 31.2 Å². The van der Waals surface area contributed by atoms with Gasteiger partial charge in [0.05, 0.1) is 11.8 Å². The third kappa shape index (κ3) is 3.42. The highest BCUT2D eigenvalue weighted by molar-refractivity contribution is 7.88. The van der Waals surface area contributed by atoms with Crippen LogP contribution in [-0.2, 0) is 10.0 Å². The lowest BCUT2D eigenvalue weighted by Crippen LogP contribution is -2.58. The van der Waals surface area contributed by atoms with E-state index in [1.54, 1.807) is 9.21 Å². The zero-order valence-corrected chi connectivity index (χ0v) is 15.1. The molecule has 1 aromatic rings. The average molecular weight is 351 g/mol. The molecule has 0 radical (unpaired) electrons. The largest absolute Gasteiger partial charge is 0.323 e. The van der Waals surface area contributed by atoms with Crippen molar-refractivity contribution in [2.45, 2.75) is 38.1 Å². The van der Waals surface area contributed by atoms with Crippen LogP contribution in [-0.4, -0.2) is 55.1 Å². The molecule has 2 fully saturated rings. The number of aryl methyl sites for hydroxylation is 1. The molecule has 2 amide bonds. The van der Waals surface area contributed by atoms with Crippen LogP contribution in [0.5, 0.6) is 0 Å². The Labute approximate surface area is 143 Å². The number of nitrogens with one attached hydrogen (secondary N) is 1. The van der Waals surface area contributed by atoms with Gasteiger partial charge in [0, 0.05) is 25.3 Å². The van der Waals surface area contributed by atoms with E-state index < -0.39 is 15.6 Å². The number of rotatable bonds is 2. The number of nitrogens with zero attached hydrogens (tertiary/aromatic N) is 2. The molecule has 0 aromatic heterocycles. The molecule has 1 atom stereocenters. The van der Waals surface area contributed by atoms with Gasteiger partial charge in [0.25, 0.3) is 0 Å². The number of sulfonamides is 1. The van der Waals surface area contributed by atoms with Crippen LogP contribution in [0.4, 0.5) is 10.5 Å². The summed E-state index contributed by atoms with van der Waals surface area (Å²) in [6.07, 6.45) is 4.61. The van der Waals surface area contributed by atoms with Gasteiger partial charge in [0.2, 0.25) is 10.0 Å². The Kier molecular flexibility index (Phi) is 4.57. The third-order valence-corrected chi connectivity index (χ3v) is 6.42. The summed E-state index contributed by atoms with van der Waals surface area (Å²) in [5.74, 6) is 0. The fourth-order valence-corrected chi connectivity index (χ4v) is 5.45. The Morgan fingerprint density at radius 3 is 2.58 bits per heavy atom. The quantitative estimate of drug-likeness (QED) is 0.889. The molecular formula is C17H25N3O3S. The number of amides is 2. The van der Waals surface area contributed by atoms with Gasteiger partial charge in [-0.2, -0.15) is 4.31 Å². The first kappa shape index (κ1) is 17.2. The van der Waals surface area contributed by atoms with E-state index in [2.05, 4.69) is 5.32 Å². The van der Waals surface area contributed by atoms with Crippen LogP contribution in [0, 0.1) is 6.92 Å².